The maximum atomic E-state index is 14.0. The predicted molar refractivity (Wildman–Crippen MR) is 88.1 cm³/mol. The number of nitrogens with zero attached hydrogens (tertiary/aromatic N) is 3. The SMILES string of the molecule is Nc1cc(C(F)(F)F)c2nc1-c1nnc(o1)C(C(F)(F)F)CCCC(F)(F)CCC2=O. The molecule has 0 saturated heterocycles. The number of hydrogen-bond acceptors (Lipinski definition) is 6. The first-order valence-electron chi connectivity index (χ1n) is 8.88. The Morgan fingerprint density at radius 2 is 1.74 bits per heavy atom. The van der Waals surface area contributed by atoms with Crippen LogP contribution in [0.4, 0.5) is 40.8 Å². The van der Waals surface area contributed by atoms with Crippen LogP contribution in [0.5, 0.6) is 0 Å². The fraction of sp³-hybridized carbons (Fsp3) is 0.529. The Balaban J connectivity index is 2.19. The summed E-state index contributed by atoms with van der Waals surface area (Å²) < 4.78 is 113. The normalized spacial score (nSPS) is 20.4. The summed E-state index contributed by atoms with van der Waals surface area (Å²) in [6.45, 7) is 0. The second kappa shape index (κ2) is 7.71. The average molecular weight is 458 g/mol. The van der Waals surface area contributed by atoms with E-state index in [4.69, 9.17) is 10.2 Å². The second-order valence-corrected chi connectivity index (χ2v) is 7.03. The zero-order valence-corrected chi connectivity index (χ0v) is 15.4. The Morgan fingerprint density at radius 1 is 1.06 bits per heavy atom. The standard InChI is InChI=1S/C17H14F8N4O2/c18-15(19)4-1-2-7(16(20,21)22)13-28-29-14(31-13)12-9(26)6-8(17(23,24)25)11(27-12)10(30)3-5-15/h6-7H,1-5,26H2. The van der Waals surface area contributed by atoms with Crippen LogP contribution in [0.1, 0.15) is 60.0 Å². The number of carbonyl (C=O) groups excluding carboxylic acids is 1. The highest BCUT2D eigenvalue weighted by atomic mass is 19.4. The molecule has 4 bridgehead atoms. The van der Waals surface area contributed by atoms with Crippen LogP contribution in [-0.4, -0.2) is 33.1 Å². The molecule has 170 valence electrons. The van der Waals surface area contributed by atoms with Crippen molar-refractivity contribution < 1.29 is 44.3 Å². The summed E-state index contributed by atoms with van der Waals surface area (Å²) in [6.07, 6.45) is -14.6. The minimum atomic E-state index is -5.10. The third-order valence-electron chi connectivity index (χ3n) is 4.71. The lowest BCUT2D eigenvalue weighted by atomic mass is 9.96. The van der Waals surface area contributed by atoms with Gasteiger partial charge in [-0.3, -0.25) is 4.79 Å². The number of halogens is 8. The lowest BCUT2D eigenvalue weighted by molar-refractivity contribution is -0.157. The lowest BCUT2D eigenvalue weighted by Gasteiger charge is -2.20. The van der Waals surface area contributed by atoms with Crippen LogP contribution in [0.2, 0.25) is 0 Å². The molecule has 0 spiro atoms. The number of nitrogen functional groups attached to an aromatic ring is 1. The Morgan fingerprint density at radius 3 is 2.35 bits per heavy atom. The first-order chi connectivity index (χ1) is 14.2. The van der Waals surface area contributed by atoms with Crippen LogP contribution in [0.25, 0.3) is 11.6 Å². The molecule has 31 heavy (non-hydrogen) atoms. The molecule has 1 atom stereocenters. The van der Waals surface area contributed by atoms with E-state index in [1.807, 2.05) is 0 Å². The monoisotopic (exact) mass is 458 g/mol. The molecule has 3 rings (SSSR count). The van der Waals surface area contributed by atoms with E-state index in [2.05, 4.69) is 15.2 Å². The molecule has 2 N–H and O–H groups in total. The van der Waals surface area contributed by atoms with Crippen molar-refractivity contribution in [3.05, 3.63) is 23.2 Å². The quantitative estimate of drug-likeness (QED) is 0.548. The van der Waals surface area contributed by atoms with Crippen molar-refractivity contribution in [3.8, 4) is 11.6 Å². The van der Waals surface area contributed by atoms with Gasteiger partial charge < -0.3 is 10.2 Å². The maximum absolute atomic E-state index is 14.0. The van der Waals surface area contributed by atoms with Gasteiger partial charge in [0.2, 0.25) is 11.8 Å². The largest absolute Gasteiger partial charge is 0.419 e. The van der Waals surface area contributed by atoms with Crippen LogP contribution in [-0.2, 0) is 6.18 Å². The molecule has 1 unspecified atom stereocenters. The molecular formula is C17H14F8N4O2. The van der Waals surface area contributed by atoms with Gasteiger partial charge in [-0.05, 0) is 18.9 Å². The Labute approximate surface area is 168 Å². The number of alkyl halides is 8. The number of hydrogen-bond donors (Lipinski definition) is 1. The number of rotatable bonds is 0. The number of aromatic nitrogens is 3. The number of fused-ring (bicyclic) bond motifs is 5. The Hall–Kier alpha value is -2.80. The van der Waals surface area contributed by atoms with Crippen LogP contribution in [0.15, 0.2) is 10.5 Å². The van der Waals surface area contributed by atoms with Gasteiger partial charge >= 0.3 is 12.4 Å². The number of carbonyl (C=O) groups is 1. The highest BCUT2D eigenvalue weighted by molar-refractivity contribution is 5.97. The van der Waals surface area contributed by atoms with E-state index in [0.717, 1.165) is 0 Å². The van der Waals surface area contributed by atoms with Gasteiger partial charge in [0.25, 0.3) is 5.89 Å². The predicted octanol–water partition coefficient (Wildman–Crippen LogP) is 5.16. The summed E-state index contributed by atoms with van der Waals surface area (Å²) >= 11 is 0. The van der Waals surface area contributed by atoms with Crippen molar-refractivity contribution in [2.24, 2.45) is 0 Å². The molecule has 0 saturated carbocycles. The van der Waals surface area contributed by atoms with Gasteiger partial charge in [0.15, 0.2) is 11.5 Å². The molecule has 0 radical (unpaired) electrons. The molecule has 1 aliphatic heterocycles. The number of pyridine rings is 1. The minimum Gasteiger partial charge on any atom is -0.419 e. The van der Waals surface area contributed by atoms with Crippen LogP contribution < -0.4 is 5.73 Å². The summed E-state index contributed by atoms with van der Waals surface area (Å²) in [7, 11) is 0. The molecule has 14 heteroatoms. The minimum absolute atomic E-state index is 0.324. The van der Waals surface area contributed by atoms with E-state index in [9.17, 15) is 39.9 Å². The van der Waals surface area contributed by atoms with Crippen molar-refractivity contribution in [3.63, 3.8) is 0 Å². The molecule has 0 fully saturated rings. The molecule has 0 aromatic carbocycles. The zero-order chi connectivity index (χ0) is 23.2. The van der Waals surface area contributed by atoms with Gasteiger partial charge in [-0.1, -0.05) is 0 Å². The fourth-order valence-corrected chi connectivity index (χ4v) is 3.13. The molecule has 0 aliphatic carbocycles. The van der Waals surface area contributed by atoms with Crippen molar-refractivity contribution >= 4 is 11.5 Å². The van der Waals surface area contributed by atoms with Crippen LogP contribution >= 0.6 is 0 Å². The highest BCUT2D eigenvalue weighted by Gasteiger charge is 2.45. The summed E-state index contributed by atoms with van der Waals surface area (Å²) in [5.74, 6) is -8.99. The van der Waals surface area contributed by atoms with E-state index in [0.29, 0.717) is 6.07 Å². The number of ketones is 1. The molecule has 3 heterocycles. The molecular weight excluding hydrogens is 444 g/mol. The third-order valence-corrected chi connectivity index (χ3v) is 4.71. The number of nitrogens with two attached hydrogens (primary N) is 1. The number of anilines is 1. The molecule has 0 amide bonds. The molecule has 2 aromatic rings. The van der Waals surface area contributed by atoms with Crippen molar-refractivity contribution in [1.29, 1.82) is 0 Å². The average Bonchev–Trinajstić information content (AvgIpc) is 3.10. The Bertz CT molecular complexity index is 983. The van der Waals surface area contributed by atoms with Crippen molar-refractivity contribution in [2.75, 3.05) is 5.73 Å². The number of Topliss-reactive ketones (excluding diaryl/α,β-unsaturated/α-hetero) is 1. The van der Waals surface area contributed by atoms with Crippen LogP contribution in [0, 0.1) is 0 Å². The first-order valence-corrected chi connectivity index (χ1v) is 8.88. The first kappa shape index (κ1) is 22.9. The van der Waals surface area contributed by atoms with Gasteiger partial charge in [-0.2, -0.15) is 26.3 Å². The van der Waals surface area contributed by atoms with Crippen LogP contribution in [0.3, 0.4) is 0 Å². The maximum Gasteiger partial charge on any atom is 0.418 e. The fourth-order valence-electron chi connectivity index (χ4n) is 3.13. The topological polar surface area (TPSA) is 94.9 Å². The van der Waals surface area contributed by atoms with Gasteiger partial charge in [0.05, 0.1) is 11.3 Å². The van der Waals surface area contributed by atoms with E-state index in [1.54, 1.807) is 0 Å². The van der Waals surface area contributed by atoms with Gasteiger partial charge in [-0.15, -0.1) is 10.2 Å². The highest BCUT2D eigenvalue weighted by Crippen LogP contribution is 2.42. The summed E-state index contributed by atoms with van der Waals surface area (Å²) in [4.78, 5) is 15.8. The van der Waals surface area contributed by atoms with E-state index >= 15 is 0 Å². The second-order valence-electron chi connectivity index (χ2n) is 7.03. The van der Waals surface area contributed by atoms with Gasteiger partial charge in [-0.25, -0.2) is 13.8 Å². The van der Waals surface area contributed by atoms with E-state index in [1.165, 1.54) is 0 Å². The zero-order valence-electron chi connectivity index (χ0n) is 15.4. The summed E-state index contributed by atoms with van der Waals surface area (Å²) in [5.41, 5.74) is 1.41. The van der Waals surface area contributed by atoms with E-state index < -0.39 is 96.5 Å². The van der Waals surface area contributed by atoms with E-state index in [-0.39, 0.29) is 0 Å². The summed E-state index contributed by atoms with van der Waals surface area (Å²) in [6, 6.07) is 0.324. The molecule has 6 nitrogen and oxygen atoms in total. The third kappa shape index (κ3) is 4.93. The molecule has 2 aromatic heterocycles. The molecule has 1 aliphatic rings. The van der Waals surface area contributed by atoms with Gasteiger partial charge in [0.1, 0.15) is 11.6 Å². The Kier molecular flexibility index (Phi) is 5.69. The lowest BCUT2D eigenvalue weighted by Crippen LogP contribution is -2.24. The van der Waals surface area contributed by atoms with Gasteiger partial charge in [0, 0.05) is 19.3 Å². The summed E-state index contributed by atoms with van der Waals surface area (Å²) in [5, 5.41) is 6.60. The van der Waals surface area contributed by atoms with Crippen molar-refractivity contribution in [2.45, 2.75) is 56.3 Å². The smallest absolute Gasteiger partial charge is 0.418 e. The van der Waals surface area contributed by atoms with Crippen molar-refractivity contribution in [1.82, 2.24) is 15.2 Å².